The zero-order valence-electron chi connectivity index (χ0n) is 27.1. The predicted molar refractivity (Wildman–Crippen MR) is 217 cm³/mol. The van der Waals surface area contributed by atoms with Crippen LogP contribution in [0.2, 0.25) is 0 Å². The molecule has 0 atom stereocenters. The van der Waals surface area contributed by atoms with Gasteiger partial charge >= 0.3 is 0 Å². The maximum Gasteiger partial charge on any atom is 0.129 e. The van der Waals surface area contributed by atoms with Gasteiger partial charge in [0.25, 0.3) is 0 Å². The summed E-state index contributed by atoms with van der Waals surface area (Å²) < 4.78 is 29.1. The second-order valence-electron chi connectivity index (χ2n) is 12.7. The zero-order chi connectivity index (χ0) is 34.2. The van der Waals surface area contributed by atoms with Crippen LogP contribution < -0.4 is 4.90 Å². The van der Waals surface area contributed by atoms with E-state index in [1.165, 1.54) is 67.5 Å². The van der Waals surface area contributed by atoms with Crippen LogP contribution >= 0.6 is 35.2 Å². The Morgan fingerprint density at radius 2 is 0.923 bits per heavy atom. The third-order valence-electron chi connectivity index (χ3n) is 9.88. The summed E-state index contributed by atoms with van der Waals surface area (Å²) in [7, 11) is 0. The Morgan fingerprint density at radius 3 is 1.65 bits per heavy atom. The average Bonchev–Trinajstić information content (AvgIpc) is 3.99. The van der Waals surface area contributed by atoms with Gasteiger partial charge in [0.1, 0.15) is 33.1 Å². The maximum atomic E-state index is 4.99. The molecule has 0 saturated heterocycles. The molecular formula is C42H23N7S3. The lowest BCUT2D eigenvalue weighted by atomic mass is 9.91. The van der Waals surface area contributed by atoms with Crippen molar-refractivity contribution < 1.29 is 0 Å². The molecule has 8 aromatic carbocycles. The fourth-order valence-corrected chi connectivity index (χ4v) is 9.21. The number of anilines is 3. The quantitative estimate of drug-likeness (QED) is 0.164. The summed E-state index contributed by atoms with van der Waals surface area (Å²) in [5, 5.41) is 7.11. The minimum absolute atomic E-state index is 0.801. The molecule has 11 aromatic rings. The Hall–Kier alpha value is -6.20. The third kappa shape index (κ3) is 4.48. The summed E-state index contributed by atoms with van der Waals surface area (Å²) in [6.45, 7) is 0. The van der Waals surface area contributed by atoms with E-state index < -0.39 is 0 Å². The van der Waals surface area contributed by atoms with Crippen molar-refractivity contribution in [3.8, 4) is 22.3 Å². The lowest BCUT2D eigenvalue weighted by Crippen LogP contribution is -2.12. The van der Waals surface area contributed by atoms with Crippen molar-refractivity contribution in [3.05, 3.63) is 140 Å². The Balaban J connectivity index is 1.17. The summed E-state index contributed by atoms with van der Waals surface area (Å²) in [5.74, 6) is 0. The van der Waals surface area contributed by atoms with E-state index in [1.807, 2.05) is 12.1 Å². The van der Waals surface area contributed by atoms with Gasteiger partial charge in [-0.3, -0.25) is 0 Å². The molecule has 0 aliphatic carbocycles. The predicted octanol–water partition coefficient (Wildman–Crippen LogP) is 12.0. The molecule has 0 saturated carbocycles. The van der Waals surface area contributed by atoms with E-state index in [0.29, 0.717) is 0 Å². The molecule has 3 aromatic heterocycles. The van der Waals surface area contributed by atoms with Crippen LogP contribution in [0.15, 0.2) is 140 Å². The molecule has 0 amide bonds. The van der Waals surface area contributed by atoms with Gasteiger partial charge in [0.05, 0.1) is 52.2 Å². The van der Waals surface area contributed by atoms with Crippen molar-refractivity contribution >= 4 is 118 Å². The number of hydrogen-bond acceptors (Lipinski definition) is 10. The minimum atomic E-state index is 0.801. The van der Waals surface area contributed by atoms with Gasteiger partial charge in [0.15, 0.2) is 0 Å². The van der Waals surface area contributed by atoms with Crippen LogP contribution in [0.5, 0.6) is 0 Å². The average molecular weight is 722 g/mol. The van der Waals surface area contributed by atoms with Gasteiger partial charge in [-0.05, 0) is 92.0 Å². The number of nitrogens with zero attached hydrogens (tertiary/aromatic N) is 7. The third-order valence-corrected chi connectivity index (χ3v) is 11.5. The molecule has 11 rings (SSSR count). The topological polar surface area (TPSA) is 80.6 Å². The number of rotatable bonds is 5. The molecule has 3 heterocycles. The summed E-state index contributed by atoms with van der Waals surface area (Å²) in [6, 6.07) is 49.1. The zero-order valence-corrected chi connectivity index (χ0v) is 29.6. The summed E-state index contributed by atoms with van der Waals surface area (Å²) in [6.07, 6.45) is 0. The highest BCUT2D eigenvalue weighted by Crippen LogP contribution is 2.48. The fraction of sp³-hybridized carbons (Fsp3) is 0. The van der Waals surface area contributed by atoms with Crippen molar-refractivity contribution in [2.24, 2.45) is 0 Å². The molecule has 52 heavy (non-hydrogen) atoms. The van der Waals surface area contributed by atoms with Crippen LogP contribution in [0, 0.1) is 0 Å². The molecule has 0 N–H and O–H groups in total. The van der Waals surface area contributed by atoms with Gasteiger partial charge < -0.3 is 4.90 Å². The van der Waals surface area contributed by atoms with E-state index >= 15 is 0 Å². The van der Waals surface area contributed by atoms with E-state index in [2.05, 4.69) is 137 Å². The molecule has 7 nitrogen and oxygen atoms in total. The Morgan fingerprint density at radius 1 is 0.365 bits per heavy atom. The van der Waals surface area contributed by atoms with Crippen molar-refractivity contribution in [2.75, 3.05) is 4.90 Å². The molecule has 0 fully saturated rings. The fourth-order valence-electron chi connectivity index (χ4n) is 7.52. The van der Waals surface area contributed by atoms with Crippen LogP contribution in [-0.2, 0) is 0 Å². The molecule has 10 heteroatoms. The van der Waals surface area contributed by atoms with Crippen LogP contribution in [0.25, 0.3) is 87.7 Å². The first-order valence-electron chi connectivity index (χ1n) is 16.7. The molecule has 0 spiro atoms. The van der Waals surface area contributed by atoms with Gasteiger partial charge in [0, 0.05) is 11.1 Å². The van der Waals surface area contributed by atoms with Crippen molar-refractivity contribution in [1.82, 2.24) is 26.2 Å². The highest BCUT2D eigenvalue weighted by molar-refractivity contribution is 7.00. The molecule has 244 valence electrons. The van der Waals surface area contributed by atoms with E-state index in [4.69, 9.17) is 21.9 Å². The van der Waals surface area contributed by atoms with Gasteiger partial charge in [-0.25, -0.2) is 0 Å². The van der Waals surface area contributed by atoms with Gasteiger partial charge in [0.2, 0.25) is 0 Å². The normalized spacial score (nSPS) is 11.8. The van der Waals surface area contributed by atoms with E-state index in [-0.39, 0.29) is 0 Å². The molecule has 0 aliphatic heterocycles. The number of hydrogen-bond donors (Lipinski definition) is 0. The van der Waals surface area contributed by atoms with Crippen LogP contribution in [-0.4, -0.2) is 26.2 Å². The Kier molecular flexibility index (Phi) is 6.63. The molecule has 0 bridgehead atoms. The highest BCUT2D eigenvalue weighted by atomic mass is 32.1. The van der Waals surface area contributed by atoms with Crippen LogP contribution in [0.4, 0.5) is 17.1 Å². The van der Waals surface area contributed by atoms with Crippen molar-refractivity contribution in [1.29, 1.82) is 0 Å². The maximum absolute atomic E-state index is 4.99. The standard InChI is InChI=1S/C42H23N7S3/c1-2-9-25-22-28(17-16-24(25)8-1)31-18-20-35(41-38(31)44-51-47-41)49(34-15-7-14-33-40(34)46-50-43-33)36-21-19-32(39-42(36)48-52-45-39)37-29-12-5-3-10-26(29)23-27-11-4-6-13-30(27)37/h1-23H. The minimum Gasteiger partial charge on any atom is -0.304 e. The van der Waals surface area contributed by atoms with Gasteiger partial charge in [-0.2, -0.15) is 26.2 Å². The SMILES string of the molecule is c1ccc2cc(-c3ccc(N(c4cccc5nsnc45)c4ccc(-c5c6ccccc6cc6ccccc56)c5nsnc45)c4nsnc34)ccc2c1. The largest absolute Gasteiger partial charge is 0.304 e. The lowest BCUT2D eigenvalue weighted by molar-refractivity contribution is 1.31. The van der Waals surface area contributed by atoms with E-state index in [0.717, 1.165) is 72.4 Å². The smallest absolute Gasteiger partial charge is 0.129 e. The monoisotopic (exact) mass is 721 g/mol. The number of aromatic nitrogens is 6. The number of fused-ring (bicyclic) bond motifs is 6. The summed E-state index contributed by atoms with van der Waals surface area (Å²) >= 11 is 3.66. The summed E-state index contributed by atoms with van der Waals surface area (Å²) in [5.41, 5.74) is 11.9. The first-order valence-corrected chi connectivity index (χ1v) is 18.9. The lowest BCUT2D eigenvalue weighted by Gasteiger charge is -2.26. The summed E-state index contributed by atoms with van der Waals surface area (Å²) in [4.78, 5) is 2.21. The molecule has 0 aliphatic rings. The van der Waals surface area contributed by atoms with E-state index in [9.17, 15) is 0 Å². The molecule has 0 unspecified atom stereocenters. The van der Waals surface area contributed by atoms with Crippen LogP contribution in [0.3, 0.4) is 0 Å². The molecular weight excluding hydrogens is 699 g/mol. The van der Waals surface area contributed by atoms with Gasteiger partial charge in [-0.15, -0.1) is 0 Å². The number of benzene rings is 8. The Bertz CT molecular complexity index is 3130. The first-order chi connectivity index (χ1) is 25.8. The van der Waals surface area contributed by atoms with E-state index in [1.54, 1.807) is 0 Å². The second-order valence-corrected chi connectivity index (χ2v) is 14.3. The van der Waals surface area contributed by atoms with Gasteiger partial charge in [-0.1, -0.05) is 91.0 Å². The van der Waals surface area contributed by atoms with Crippen molar-refractivity contribution in [2.45, 2.75) is 0 Å². The first kappa shape index (κ1) is 29.5. The van der Waals surface area contributed by atoms with Crippen LogP contribution in [0.1, 0.15) is 0 Å². The molecule has 0 radical (unpaired) electrons. The highest BCUT2D eigenvalue weighted by Gasteiger charge is 2.26. The Labute approximate surface area is 309 Å². The second kappa shape index (κ2) is 11.7. The van der Waals surface area contributed by atoms with Crippen molar-refractivity contribution in [3.63, 3.8) is 0 Å².